The molecule has 2 aliphatic heterocycles. The molecule has 90 valence electrons. The molecule has 1 aromatic rings. The normalized spacial score (nSPS) is 22.6. The van der Waals surface area contributed by atoms with Gasteiger partial charge in [0.2, 0.25) is 0 Å². The number of fused-ring (bicyclic) bond motifs is 1. The van der Waals surface area contributed by atoms with Crippen molar-refractivity contribution < 1.29 is 14.3 Å². The van der Waals surface area contributed by atoms with Gasteiger partial charge in [-0.2, -0.15) is 0 Å². The molecule has 1 amide bonds. The van der Waals surface area contributed by atoms with Gasteiger partial charge in [0.15, 0.2) is 6.61 Å². The van der Waals surface area contributed by atoms with Crippen molar-refractivity contribution in [1.29, 1.82) is 0 Å². The third-order valence-corrected chi connectivity index (χ3v) is 2.91. The van der Waals surface area contributed by atoms with Crippen LogP contribution in [0.2, 0.25) is 0 Å². The first kappa shape index (κ1) is 10.4. The van der Waals surface area contributed by atoms with Crippen molar-refractivity contribution >= 4 is 17.3 Å². The van der Waals surface area contributed by atoms with Crippen LogP contribution in [0, 0.1) is 0 Å². The van der Waals surface area contributed by atoms with E-state index in [0.717, 1.165) is 31.0 Å². The summed E-state index contributed by atoms with van der Waals surface area (Å²) in [5, 5.41) is 6.15. The maximum Gasteiger partial charge on any atom is 0.262 e. The lowest BCUT2D eigenvalue weighted by Crippen LogP contribution is -2.25. The Bertz CT molecular complexity index is 441. The molecule has 1 atom stereocenters. The highest BCUT2D eigenvalue weighted by molar-refractivity contribution is 5.95. The van der Waals surface area contributed by atoms with Crippen molar-refractivity contribution in [3.05, 3.63) is 18.2 Å². The topological polar surface area (TPSA) is 59.6 Å². The Kier molecular flexibility index (Phi) is 2.60. The Hall–Kier alpha value is -1.75. The average molecular weight is 234 g/mol. The third-order valence-electron chi connectivity index (χ3n) is 2.91. The van der Waals surface area contributed by atoms with Gasteiger partial charge in [0.05, 0.1) is 18.3 Å². The number of rotatable bonds is 2. The van der Waals surface area contributed by atoms with Gasteiger partial charge < -0.3 is 20.1 Å². The Morgan fingerprint density at radius 3 is 3.18 bits per heavy atom. The molecule has 1 fully saturated rings. The van der Waals surface area contributed by atoms with Crippen LogP contribution in [0.5, 0.6) is 5.75 Å². The second kappa shape index (κ2) is 4.25. The summed E-state index contributed by atoms with van der Waals surface area (Å²) in [6.07, 6.45) is 1.02. The van der Waals surface area contributed by atoms with Gasteiger partial charge >= 0.3 is 0 Å². The molecule has 5 nitrogen and oxygen atoms in total. The summed E-state index contributed by atoms with van der Waals surface area (Å²) in [5.41, 5.74) is 1.73. The molecule has 2 aliphatic rings. The van der Waals surface area contributed by atoms with Crippen molar-refractivity contribution in [1.82, 2.24) is 0 Å². The second-order valence-corrected chi connectivity index (χ2v) is 4.25. The molecule has 0 aliphatic carbocycles. The Morgan fingerprint density at radius 1 is 1.41 bits per heavy atom. The zero-order valence-corrected chi connectivity index (χ0v) is 9.36. The first-order valence-corrected chi connectivity index (χ1v) is 5.72. The Morgan fingerprint density at radius 2 is 2.35 bits per heavy atom. The number of ether oxygens (including phenoxy) is 2. The summed E-state index contributed by atoms with van der Waals surface area (Å²) in [6.45, 7) is 1.65. The van der Waals surface area contributed by atoms with E-state index in [4.69, 9.17) is 9.47 Å². The van der Waals surface area contributed by atoms with E-state index in [-0.39, 0.29) is 12.5 Å². The summed E-state index contributed by atoms with van der Waals surface area (Å²) >= 11 is 0. The van der Waals surface area contributed by atoms with E-state index in [1.807, 2.05) is 18.2 Å². The van der Waals surface area contributed by atoms with Crippen LogP contribution >= 0.6 is 0 Å². The van der Waals surface area contributed by atoms with Crippen LogP contribution in [0.25, 0.3) is 0 Å². The summed E-state index contributed by atoms with van der Waals surface area (Å²) in [4.78, 5) is 11.1. The van der Waals surface area contributed by atoms with Gasteiger partial charge in [-0.3, -0.25) is 4.79 Å². The van der Waals surface area contributed by atoms with Crippen molar-refractivity contribution in [2.24, 2.45) is 0 Å². The zero-order chi connectivity index (χ0) is 11.7. The van der Waals surface area contributed by atoms with Crippen LogP contribution in [0.3, 0.4) is 0 Å². The van der Waals surface area contributed by atoms with Crippen LogP contribution in [-0.4, -0.2) is 31.8 Å². The van der Waals surface area contributed by atoms with Crippen LogP contribution in [0.4, 0.5) is 11.4 Å². The predicted molar refractivity (Wildman–Crippen MR) is 63.4 cm³/mol. The van der Waals surface area contributed by atoms with Gasteiger partial charge in [-0.05, 0) is 18.6 Å². The molecular weight excluding hydrogens is 220 g/mol. The number of carbonyl (C=O) groups excluding carboxylic acids is 1. The van der Waals surface area contributed by atoms with Crippen molar-refractivity contribution in [2.75, 3.05) is 30.5 Å². The quantitative estimate of drug-likeness (QED) is 0.807. The van der Waals surface area contributed by atoms with Crippen LogP contribution < -0.4 is 15.4 Å². The zero-order valence-electron chi connectivity index (χ0n) is 9.36. The minimum Gasteiger partial charge on any atom is -0.482 e. The summed E-state index contributed by atoms with van der Waals surface area (Å²) in [5.74, 6) is 0.607. The fourth-order valence-electron chi connectivity index (χ4n) is 2.05. The number of amides is 1. The summed E-state index contributed by atoms with van der Waals surface area (Å²) in [7, 11) is 0. The van der Waals surface area contributed by atoms with E-state index in [1.54, 1.807) is 0 Å². The number of hydrogen-bond acceptors (Lipinski definition) is 4. The van der Waals surface area contributed by atoms with E-state index in [2.05, 4.69) is 10.6 Å². The van der Waals surface area contributed by atoms with Crippen molar-refractivity contribution in [3.8, 4) is 5.75 Å². The molecule has 0 saturated carbocycles. The van der Waals surface area contributed by atoms with E-state index in [9.17, 15) is 4.79 Å². The monoisotopic (exact) mass is 234 g/mol. The average Bonchev–Trinajstić information content (AvgIpc) is 2.82. The van der Waals surface area contributed by atoms with Crippen molar-refractivity contribution in [2.45, 2.75) is 12.5 Å². The van der Waals surface area contributed by atoms with Gasteiger partial charge in [0.1, 0.15) is 5.75 Å². The van der Waals surface area contributed by atoms with E-state index in [1.165, 1.54) is 0 Å². The molecule has 1 aromatic carbocycles. The molecule has 3 rings (SSSR count). The number of anilines is 2. The van der Waals surface area contributed by atoms with E-state index >= 15 is 0 Å². The lowest BCUT2D eigenvalue weighted by atomic mass is 10.2. The van der Waals surface area contributed by atoms with Crippen LogP contribution in [0.1, 0.15) is 6.42 Å². The maximum atomic E-state index is 11.1. The van der Waals surface area contributed by atoms with Crippen LogP contribution in [-0.2, 0) is 9.53 Å². The molecule has 5 heteroatoms. The van der Waals surface area contributed by atoms with Gasteiger partial charge in [-0.25, -0.2) is 0 Å². The van der Waals surface area contributed by atoms with Crippen molar-refractivity contribution in [3.63, 3.8) is 0 Å². The van der Waals surface area contributed by atoms with Gasteiger partial charge in [-0.1, -0.05) is 0 Å². The molecule has 2 N–H and O–H groups in total. The molecule has 0 bridgehead atoms. The number of benzene rings is 1. The minimum atomic E-state index is -0.109. The molecule has 17 heavy (non-hydrogen) atoms. The molecular formula is C12H14N2O3. The molecule has 0 spiro atoms. The largest absolute Gasteiger partial charge is 0.482 e. The molecule has 1 unspecified atom stereocenters. The minimum absolute atomic E-state index is 0.0863. The predicted octanol–water partition coefficient (Wildman–Crippen LogP) is 1.22. The molecule has 1 saturated heterocycles. The third kappa shape index (κ3) is 2.19. The Labute approximate surface area is 99.1 Å². The fourth-order valence-corrected chi connectivity index (χ4v) is 2.05. The lowest BCUT2D eigenvalue weighted by molar-refractivity contribution is -0.118. The number of carbonyl (C=O) groups is 1. The molecule has 0 aromatic heterocycles. The van der Waals surface area contributed by atoms with Gasteiger partial charge in [0.25, 0.3) is 5.91 Å². The second-order valence-electron chi connectivity index (χ2n) is 4.25. The fraction of sp³-hybridized carbons (Fsp3) is 0.417. The highest BCUT2D eigenvalue weighted by Crippen LogP contribution is 2.31. The highest BCUT2D eigenvalue weighted by Gasteiger charge is 2.18. The van der Waals surface area contributed by atoms with Crippen LogP contribution in [0.15, 0.2) is 18.2 Å². The molecule has 0 radical (unpaired) electrons. The van der Waals surface area contributed by atoms with E-state index in [0.29, 0.717) is 11.8 Å². The highest BCUT2D eigenvalue weighted by atomic mass is 16.5. The first-order chi connectivity index (χ1) is 8.31. The van der Waals surface area contributed by atoms with E-state index < -0.39 is 0 Å². The SMILES string of the molecule is O=C1COc2cc(NC3CCOC3)ccc2N1. The van der Waals surface area contributed by atoms with Gasteiger partial charge in [-0.15, -0.1) is 0 Å². The summed E-state index contributed by atoms with van der Waals surface area (Å²) < 4.78 is 10.7. The number of nitrogens with one attached hydrogen (secondary N) is 2. The first-order valence-electron chi connectivity index (χ1n) is 5.72. The van der Waals surface area contributed by atoms with Gasteiger partial charge in [0, 0.05) is 18.4 Å². The number of hydrogen-bond donors (Lipinski definition) is 2. The standard InChI is InChI=1S/C12H14N2O3/c15-12-7-17-11-5-8(1-2-10(11)14-12)13-9-3-4-16-6-9/h1-2,5,9,13H,3-4,6-7H2,(H,14,15). The smallest absolute Gasteiger partial charge is 0.262 e. The lowest BCUT2D eigenvalue weighted by Gasteiger charge is -2.20. The summed E-state index contributed by atoms with van der Waals surface area (Å²) in [6, 6.07) is 6.07. The maximum absolute atomic E-state index is 11.1. The Balaban J connectivity index is 1.76. The molecule has 2 heterocycles.